The van der Waals surface area contributed by atoms with Crippen molar-refractivity contribution < 1.29 is 18.7 Å². The molecule has 1 N–H and O–H groups in total. The van der Waals surface area contributed by atoms with Crippen LogP contribution in [0, 0.1) is 5.82 Å². The second-order valence-electron chi connectivity index (χ2n) is 7.02. The van der Waals surface area contributed by atoms with Crippen LogP contribution in [0.25, 0.3) is 0 Å². The summed E-state index contributed by atoms with van der Waals surface area (Å²) < 4.78 is 18.8. The van der Waals surface area contributed by atoms with Gasteiger partial charge in [-0.3, -0.25) is 9.59 Å². The highest BCUT2D eigenvalue weighted by Gasteiger charge is 2.25. The van der Waals surface area contributed by atoms with Crippen LogP contribution in [0.1, 0.15) is 38.7 Å². The minimum Gasteiger partial charge on any atom is -0.494 e. The van der Waals surface area contributed by atoms with Crippen LogP contribution in [0.3, 0.4) is 0 Å². The molecule has 0 saturated heterocycles. The third-order valence-electron chi connectivity index (χ3n) is 4.60. The van der Waals surface area contributed by atoms with Gasteiger partial charge in [0.15, 0.2) is 0 Å². The predicted octanol–water partition coefficient (Wildman–Crippen LogP) is 4.58. The second-order valence-corrected chi connectivity index (χ2v) is 7.46. The summed E-state index contributed by atoms with van der Waals surface area (Å²) in [7, 11) is 0. The van der Waals surface area contributed by atoms with Gasteiger partial charge in [-0.15, -0.1) is 0 Å². The van der Waals surface area contributed by atoms with Crippen molar-refractivity contribution >= 4 is 23.4 Å². The molecular weight excluding hydrogens is 407 g/mol. The molecule has 0 heterocycles. The molecule has 0 radical (unpaired) electrons. The number of carbonyl (C=O) groups is 2. The van der Waals surface area contributed by atoms with Crippen molar-refractivity contribution in [3.05, 3.63) is 64.9 Å². The van der Waals surface area contributed by atoms with Gasteiger partial charge < -0.3 is 15.0 Å². The summed E-state index contributed by atoms with van der Waals surface area (Å²) >= 11 is 5.85. The van der Waals surface area contributed by atoms with Crippen LogP contribution >= 0.6 is 11.6 Å². The predicted molar refractivity (Wildman–Crippen MR) is 116 cm³/mol. The average molecular weight is 435 g/mol. The Morgan fingerprint density at radius 1 is 1.13 bits per heavy atom. The van der Waals surface area contributed by atoms with Crippen LogP contribution in [0.4, 0.5) is 4.39 Å². The van der Waals surface area contributed by atoms with Crippen molar-refractivity contribution in [1.29, 1.82) is 0 Å². The Morgan fingerprint density at radius 2 is 1.80 bits per heavy atom. The number of nitrogens with one attached hydrogen (secondary N) is 1. The number of amides is 2. The number of hydrogen-bond donors (Lipinski definition) is 1. The van der Waals surface area contributed by atoms with Crippen molar-refractivity contribution in [2.45, 2.75) is 45.7 Å². The van der Waals surface area contributed by atoms with E-state index in [4.69, 9.17) is 16.3 Å². The minimum atomic E-state index is -0.633. The Morgan fingerprint density at radius 3 is 2.43 bits per heavy atom. The van der Waals surface area contributed by atoms with Crippen LogP contribution in [-0.2, 0) is 16.1 Å². The Kier molecular flexibility index (Phi) is 9.61. The number of ether oxygens (including phenoxy) is 1. The van der Waals surface area contributed by atoms with Crippen molar-refractivity contribution in [2.75, 3.05) is 13.2 Å². The van der Waals surface area contributed by atoms with Gasteiger partial charge in [-0.05, 0) is 61.7 Å². The van der Waals surface area contributed by atoms with Crippen LogP contribution < -0.4 is 10.1 Å². The lowest BCUT2D eigenvalue weighted by molar-refractivity contribution is -0.140. The van der Waals surface area contributed by atoms with E-state index >= 15 is 0 Å². The van der Waals surface area contributed by atoms with E-state index in [1.165, 1.54) is 17.0 Å². The van der Waals surface area contributed by atoms with Gasteiger partial charge in [-0.1, -0.05) is 30.7 Å². The van der Waals surface area contributed by atoms with Crippen molar-refractivity contribution in [3.63, 3.8) is 0 Å². The summed E-state index contributed by atoms with van der Waals surface area (Å²) in [6, 6.07) is 12.3. The molecule has 2 aromatic carbocycles. The van der Waals surface area contributed by atoms with Gasteiger partial charge in [0.1, 0.15) is 17.6 Å². The standard InChI is InChI=1S/C23H28ClFN2O3/c1-3-14-26-23(29)17(2)27(16-18-6-10-20(25)11-7-18)22(28)5-4-15-30-21-12-8-19(24)9-13-21/h6-13,17H,3-5,14-16H2,1-2H3,(H,26,29)/t17-/m1/s1. The van der Waals surface area contributed by atoms with Gasteiger partial charge in [0, 0.05) is 24.5 Å². The number of rotatable bonds is 11. The Labute approximate surface area is 182 Å². The van der Waals surface area contributed by atoms with Gasteiger partial charge in [0.25, 0.3) is 0 Å². The van der Waals surface area contributed by atoms with Gasteiger partial charge in [0.05, 0.1) is 6.61 Å². The maximum absolute atomic E-state index is 13.2. The third-order valence-corrected chi connectivity index (χ3v) is 4.85. The number of hydrogen-bond acceptors (Lipinski definition) is 3. The van der Waals surface area contributed by atoms with E-state index in [-0.39, 0.29) is 30.6 Å². The molecule has 0 aliphatic rings. The summed E-state index contributed by atoms with van der Waals surface area (Å²) in [5, 5.41) is 3.46. The van der Waals surface area contributed by atoms with E-state index in [0.717, 1.165) is 12.0 Å². The number of benzene rings is 2. The topological polar surface area (TPSA) is 58.6 Å². The first-order valence-electron chi connectivity index (χ1n) is 10.1. The van der Waals surface area contributed by atoms with Gasteiger partial charge in [0.2, 0.25) is 11.8 Å². The zero-order chi connectivity index (χ0) is 21.9. The number of carbonyl (C=O) groups excluding carboxylic acids is 2. The molecule has 2 rings (SSSR count). The molecule has 0 spiro atoms. The normalized spacial score (nSPS) is 11.6. The highest BCUT2D eigenvalue weighted by molar-refractivity contribution is 6.30. The Hall–Kier alpha value is -2.60. The molecular formula is C23H28ClFN2O3. The molecule has 162 valence electrons. The van der Waals surface area contributed by atoms with Crippen molar-refractivity contribution in [1.82, 2.24) is 10.2 Å². The SMILES string of the molecule is CCCNC(=O)[C@@H](C)N(Cc1ccc(F)cc1)C(=O)CCCOc1ccc(Cl)cc1. The zero-order valence-electron chi connectivity index (χ0n) is 17.4. The summed E-state index contributed by atoms with van der Waals surface area (Å²) in [5.74, 6) is -0.0186. The lowest BCUT2D eigenvalue weighted by Gasteiger charge is -2.29. The lowest BCUT2D eigenvalue weighted by atomic mass is 10.1. The largest absolute Gasteiger partial charge is 0.494 e. The molecule has 0 aliphatic heterocycles. The molecule has 0 aliphatic carbocycles. The van der Waals surface area contributed by atoms with Crippen LogP contribution in [0.15, 0.2) is 48.5 Å². The minimum absolute atomic E-state index is 0.154. The number of nitrogens with zero attached hydrogens (tertiary/aromatic N) is 1. The fraction of sp³-hybridized carbons (Fsp3) is 0.391. The molecule has 2 aromatic rings. The molecule has 5 nitrogen and oxygen atoms in total. The van der Waals surface area contributed by atoms with Crippen LogP contribution in [-0.4, -0.2) is 35.9 Å². The summed E-state index contributed by atoms with van der Waals surface area (Å²) in [6.45, 7) is 4.83. The first kappa shape index (κ1) is 23.7. The first-order chi connectivity index (χ1) is 14.4. The molecule has 0 bridgehead atoms. The Bertz CT molecular complexity index is 812. The van der Waals surface area contributed by atoms with Crippen molar-refractivity contribution in [2.24, 2.45) is 0 Å². The van der Waals surface area contributed by atoms with E-state index in [1.54, 1.807) is 43.3 Å². The van der Waals surface area contributed by atoms with E-state index in [1.807, 2.05) is 6.92 Å². The van der Waals surface area contributed by atoms with E-state index < -0.39 is 6.04 Å². The molecule has 0 unspecified atom stereocenters. The summed E-state index contributed by atoms with van der Waals surface area (Å²) in [4.78, 5) is 26.9. The average Bonchev–Trinajstić information content (AvgIpc) is 2.75. The van der Waals surface area contributed by atoms with E-state index in [2.05, 4.69) is 5.32 Å². The molecule has 1 atom stereocenters. The molecule has 0 aromatic heterocycles. The summed E-state index contributed by atoms with van der Waals surface area (Å²) in [5.41, 5.74) is 0.761. The van der Waals surface area contributed by atoms with Gasteiger partial charge >= 0.3 is 0 Å². The highest BCUT2D eigenvalue weighted by atomic mass is 35.5. The monoisotopic (exact) mass is 434 g/mol. The third kappa shape index (κ3) is 7.67. The van der Waals surface area contributed by atoms with Gasteiger partial charge in [-0.2, -0.15) is 0 Å². The molecule has 7 heteroatoms. The lowest BCUT2D eigenvalue weighted by Crippen LogP contribution is -2.47. The smallest absolute Gasteiger partial charge is 0.242 e. The fourth-order valence-electron chi connectivity index (χ4n) is 2.85. The molecule has 30 heavy (non-hydrogen) atoms. The van der Waals surface area contributed by atoms with Crippen LogP contribution in [0.2, 0.25) is 5.02 Å². The zero-order valence-corrected chi connectivity index (χ0v) is 18.1. The molecule has 0 saturated carbocycles. The first-order valence-corrected chi connectivity index (χ1v) is 10.5. The van der Waals surface area contributed by atoms with Gasteiger partial charge in [-0.25, -0.2) is 4.39 Å². The molecule has 0 fully saturated rings. The van der Waals surface area contributed by atoms with E-state index in [9.17, 15) is 14.0 Å². The highest BCUT2D eigenvalue weighted by Crippen LogP contribution is 2.16. The second kappa shape index (κ2) is 12.2. The van der Waals surface area contributed by atoms with Crippen molar-refractivity contribution in [3.8, 4) is 5.75 Å². The number of halogens is 2. The maximum Gasteiger partial charge on any atom is 0.242 e. The quantitative estimate of drug-likeness (QED) is 0.526. The molecule has 2 amide bonds. The van der Waals surface area contributed by atoms with E-state index in [0.29, 0.717) is 30.3 Å². The Balaban J connectivity index is 1.96. The van der Waals surface area contributed by atoms with Crippen LogP contribution in [0.5, 0.6) is 5.75 Å². The summed E-state index contributed by atoms with van der Waals surface area (Å²) in [6.07, 6.45) is 1.55. The fourth-order valence-corrected chi connectivity index (χ4v) is 2.98. The maximum atomic E-state index is 13.2.